The van der Waals surface area contributed by atoms with Gasteiger partial charge in [0.05, 0.1) is 11.5 Å². The number of nitriles is 1. The van der Waals surface area contributed by atoms with E-state index < -0.39 is 0 Å². The largest absolute Gasteiger partial charge is 0.301 e. The van der Waals surface area contributed by atoms with Gasteiger partial charge in [-0.3, -0.25) is 4.79 Å². The van der Waals surface area contributed by atoms with Gasteiger partial charge in [0.2, 0.25) is 0 Å². The Labute approximate surface area is 142 Å². The molecule has 3 rings (SSSR count). The number of hydrogen-bond donors (Lipinski definition) is 1. The predicted molar refractivity (Wildman–Crippen MR) is 96.0 cm³/mol. The Morgan fingerprint density at radius 3 is 2.87 bits per heavy atom. The second kappa shape index (κ2) is 6.99. The molecule has 3 aromatic rings. The van der Waals surface area contributed by atoms with Gasteiger partial charge in [0, 0.05) is 22.6 Å². The lowest BCUT2D eigenvalue weighted by Gasteiger charge is -2.02. The van der Waals surface area contributed by atoms with Crippen LogP contribution in [-0.2, 0) is 0 Å². The minimum Gasteiger partial charge on any atom is -0.301 e. The fraction of sp³-hybridized carbons (Fsp3) is 0.235. The summed E-state index contributed by atoms with van der Waals surface area (Å²) < 4.78 is 0. The van der Waals surface area contributed by atoms with Gasteiger partial charge in [-0.2, -0.15) is 5.26 Å². The predicted octanol–water partition coefficient (Wildman–Crippen LogP) is 4.36. The summed E-state index contributed by atoms with van der Waals surface area (Å²) in [7, 11) is 0. The van der Waals surface area contributed by atoms with Crippen LogP contribution >= 0.6 is 23.1 Å². The molecule has 116 valence electrons. The van der Waals surface area contributed by atoms with Crippen molar-refractivity contribution in [2.24, 2.45) is 0 Å². The highest BCUT2D eigenvalue weighted by Gasteiger charge is 2.16. The van der Waals surface area contributed by atoms with E-state index >= 15 is 0 Å². The van der Waals surface area contributed by atoms with Gasteiger partial charge in [0.1, 0.15) is 4.83 Å². The maximum Gasteiger partial charge on any atom is 0.260 e. The molecule has 23 heavy (non-hydrogen) atoms. The average molecular weight is 341 g/mol. The number of thiophene rings is 1. The number of rotatable bonds is 5. The lowest BCUT2D eigenvalue weighted by Crippen LogP contribution is -2.08. The highest BCUT2D eigenvalue weighted by Crippen LogP contribution is 2.35. The molecule has 2 aromatic heterocycles. The van der Waals surface area contributed by atoms with Gasteiger partial charge in [-0.1, -0.05) is 42.1 Å². The van der Waals surface area contributed by atoms with E-state index in [2.05, 4.69) is 16.0 Å². The van der Waals surface area contributed by atoms with E-state index in [1.54, 1.807) is 11.3 Å². The molecule has 0 fully saturated rings. The van der Waals surface area contributed by atoms with E-state index in [0.717, 1.165) is 33.0 Å². The fourth-order valence-corrected chi connectivity index (χ4v) is 4.35. The van der Waals surface area contributed by atoms with Crippen molar-refractivity contribution in [3.8, 4) is 17.2 Å². The van der Waals surface area contributed by atoms with E-state index in [1.807, 2.05) is 37.3 Å². The van der Waals surface area contributed by atoms with Gasteiger partial charge in [-0.15, -0.1) is 11.3 Å². The molecule has 1 aromatic carbocycles. The van der Waals surface area contributed by atoms with Crippen LogP contribution < -0.4 is 5.56 Å². The first-order valence-corrected chi connectivity index (χ1v) is 9.09. The maximum absolute atomic E-state index is 12.5. The van der Waals surface area contributed by atoms with E-state index in [-0.39, 0.29) is 5.56 Å². The number of aromatic amines is 1. The number of aromatic nitrogens is 2. The van der Waals surface area contributed by atoms with Crippen molar-refractivity contribution in [2.75, 3.05) is 5.75 Å². The van der Waals surface area contributed by atoms with Crippen LogP contribution in [0.2, 0.25) is 0 Å². The van der Waals surface area contributed by atoms with Crippen LogP contribution in [0.3, 0.4) is 0 Å². The molecular formula is C17H15N3OS2. The SMILES string of the molecule is Cc1sc2nc(SCCCC#N)[nH]c(=O)c2c1-c1ccccc1. The fourth-order valence-electron chi connectivity index (χ4n) is 2.44. The Balaban J connectivity index is 2.01. The van der Waals surface area contributed by atoms with Crippen molar-refractivity contribution in [3.63, 3.8) is 0 Å². The average Bonchev–Trinajstić information content (AvgIpc) is 2.89. The minimum absolute atomic E-state index is 0.0963. The normalized spacial score (nSPS) is 10.8. The molecule has 4 nitrogen and oxygen atoms in total. The molecule has 6 heteroatoms. The first-order valence-electron chi connectivity index (χ1n) is 7.29. The Hall–Kier alpha value is -2.10. The second-order valence-corrected chi connectivity index (χ2v) is 7.35. The monoisotopic (exact) mass is 341 g/mol. The highest BCUT2D eigenvalue weighted by atomic mass is 32.2. The quantitative estimate of drug-likeness (QED) is 0.425. The van der Waals surface area contributed by atoms with E-state index in [0.29, 0.717) is 17.0 Å². The van der Waals surface area contributed by atoms with Crippen LogP contribution in [0.15, 0.2) is 40.3 Å². The van der Waals surface area contributed by atoms with Crippen LogP contribution in [0, 0.1) is 18.3 Å². The van der Waals surface area contributed by atoms with E-state index in [1.165, 1.54) is 11.8 Å². The molecule has 1 N–H and O–H groups in total. The molecule has 0 spiro atoms. The number of benzene rings is 1. The lowest BCUT2D eigenvalue weighted by atomic mass is 10.0. The van der Waals surface area contributed by atoms with Crippen molar-refractivity contribution in [1.82, 2.24) is 9.97 Å². The van der Waals surface area contributed by atoms with E-state index in [9.17, 15) is 4.79 Å². The molecule has 0 unspecified atom stereocenters. The van der Waals surface area contributed by atoms with Crippen LogP contribution in [-0.4, -0.2) is 15.7 Å². The Morgan fingerprint density at radius 2 is 2.13 bits per heavy atom. The van der Waals surface area contributed by atoms with Gasteiger partial charge in [0.25, 0.3) is 5.56 Å². The van der Waals surface area contributed by atoms with Gasteiger partial charge in [-0.05, 0) is 18.9 Å². The maximum atomic E-state index is 12.5. The smallest absolute Gasteiger partial charge is 0.260 e. The Kier molecular flexibility index (Phi) is 4.79. The van der Waals surface area contributed by atoms with Crippen molar-refractivity contribution in [2.45, 2.75) is 24.9 Å². The number of nitrogens with zero attached hydrogens (tertiary/aromatic N) is 2. The van der Waals surface area contributed by atoms with E-state index in [4.69, 9.17) is 5.26 Å². The Morgan fingerprint density at radius 1 is 1.35 bits per heavy atom. The second-order valence-electron chi connectivity index (χ2n) is 5.06. The van der Waals surface area contributed by atoms with Crippen molar-refractivity contribution in [1.29, 1.82) is 5.26 Å². The molecule has 0 atom stereocenters. The number of H-pyrrole nitrogens is 1. The number of thioether (sulfide) groups is 1. The molecule has 0 radical (unpaired) electrons. The van der Waals surface area contributed by atoms with Gasteiger partial charge < -0.3 is 4.98 Å². The van der Waals surface area contributed by atoms with Gasteiger partial charge >= 0.3 is 0 Å². The molecule has 0 aliphatic heterocycles. The number of fused-ring (bicyclic) bond motifs is 1. The molecule has 0 saturated heterocycles. The molecule has 0 aliphatic rings. The zero-order chi connectivity index (χ0) is 16.2. The highest BCUT2D eigenvalue weighted by molar-refractivity contribution is 7.99. The summed E-state index contributed by atoms with van der Waals surface area (Å²) in [5, 5.41) is 9.85. The topological polar surface area (TPSA) is 69.5 Å². The number of nitrogens with one attached hydrogen (secondary N) is 1. The third-order valence-corrected chi connectivity index (χ3v) is 5.41. The van der Waals surface area contributed by atoms with Gasteiger partial charge in [0.15, 0.2) is 5.16 Å². The summed E-state index contributed by atoms with van der Waals surface area (Å²) in [6.07, 6.45) is 1.32. The summed E-state index contributed by atoms with van der Waals surface area (Å²) >= 11 is 3.04. The lowest BCUT2D eigenvalue weighted by molar-refractivity contribution is 0.951. The Bertz CT molecular complexity index is 923. The molecule has 0 amide bonds. The summed E-state index contributed by atoms with van der Waals surface area (Å²) in [6.45, 7) is 2.02. The van der Waals surface area contributed by atoms with Crippen LogP contribution in [0.1, 0.15) is 17.7 Å². The van der Waals surface area contributed by atoms with Crippen LogP contribution in [0.5, 0.6) is 0 Å². The number of aryl methyl sites for hydroxylation is 1. The van der Waals surface area contributed by atoms with Crippen LogP contribution in [0.4, 0.5) is 0 Å². The first-order chi connectivity index (χ1) is 11.2. The molecule has 0 aliphatic carbocycles. The summed E-state index contributed by atoms with van der Waals surface area (Å²) in [6, 6.07) is 12.1. The summed E-state index contributed by atoms with van der Waals surface area (Å²) in [5.41, 5.74) is 1.92. The van der Waals surface area contributed by atoms with Crippen molar-refractivity contribution < 1.29 is 0 Å². The summed E-state index contributed by atoms with van der Waals surface area (Å²) in [4.78, 5) is 21.9. The number of unbranched alkanes of at least 4 members (excludes halogenated alkanes) is 1. The van der Waals surface area contributed by atoms with Crippen LogP contribution in [0.25, 0.3) is 21.3 Å². The van der Waals surface area contributed by atoms with Crippen molar-refractivity contribution in [3.05, 3.63) is 45.6 Å². The first kappa shape index (κ1) is 15.8. The standard InChI is InChI=1S/C17H15N3OS2/c1-11-13(12-7-3-2-4-8-12)14-15(21)19-17(20-16(14)23-11)22-10-6-5-9-18/h2-4,7-8H,5-6,10H2,1H3,(H,19,20,21). The third kappa shape index (κ3) is 3.31. The van der Waals surface area contributed by atoms with Crippen molar-refractivity contribution >= 4 is 33.3 Å². The number of hydrogen-bond acceptors (Lipinski definition) is 5. The third-order valence-electron chi connectivity index (χ3n) is 3.45. The zero-order valence-corrected chi connectivity index (χ0v) is 14.3. The molecular weight excluding hydrogens is 326 g/mol. The molecule has 2 heterocycles. The zero-order valence-electron chi connectivity index (χ0n) is 12.6. The molecule has 0 saturated carbocycles. The molecule has 0 bridgehead atoms. The minimum atomic E-state index is -0.0963. The summed E-state index contributed by atoms with van der Waals surface area (Å²) in [5.74, 6) is 0.776. The van der Waals surface area contributed by atoms with Gasteiger partial charge in [-0.25, -0.2) is 4.98 Å².